The van der Waals surface area contributed by atoms with Crippen molar-refractivity contribution in [2.24, 2.45) is 11.1 Å². The molecule has 152 valence electrons. The zero-order chi connectivity index (χ0) is 19.9. The number of carbonyl (C=O) groups is 2. The second-order valence-corrected chi connectivity index (χ2v) is 7.63. The molecule has 1 unspecified atom stereocenters. The van der Waals surface area contributed by atoms with Crippen molar-refractivity contribution in [3.05, 3.63) is 71.8 Å². The fraction of sp³-hybridized carbons (Fsp3) is 0.364. The quantitative estimate of drug-likeness (QED) is 0.709. The van der Waals surface area contributed by atoms with Gasteiger partial charge in [0.15, 0.2) is 0 Å². The SMILES string of the molecule is CN(CC(C)(C)CN)C(=O)CC(NC(=O)c1ccccc1)c1ccccc1.Cl. The van der Waals surface area contributed by atoms with Gasteiger partial charge in [-0.25, -0.2) is 0 Å². The van der Waals surface area contributed by atoms with Crippen LogP contribution in [0, 0.1) is 5.41 Å². The molecule has 0 heterocycles. The van der Waals surface area contributed by atoms with Crippen molar-refractivity contribution in [2.45, 2.75) is 26.3 Å². The van der Waals surface area contributed by atoms with Crippen LogP contribution in [0.25, 0.3) is 0 Å². The molecular weight excluding hydrogens is 374 g/mol. The lowest BCUT2D eigenvalue weighted by Crippen LogP contribution is -2.41. The highest BCUT2D eigenvalue weighted by molar-refractivity contribution is 5.94. The molecule has 0 spiro atoms. The molecule has 0 aliphatic rings. The Morgan fingerprint density at radius 3 is 2.11 bits per heavy atom. The summed E-state index contributed by atoms with van der Waals surface area (Å²) in [6.45, 7) is 5.12. The van der Waals surface area contributed by atoms with Gasteiger partial charge >= 0.3 is 0 Å². The molecule has 0 aromatic heterocycles. The van der Waals surface area contributed by atoms with Crippen LogP contribution in [-0.2, 0) is 4.79 Å². The number of halogens is 1. The number of rotatable bonds is 8. The molecule has 2 aromatic rings. The fourth-order valence-corrected chi connectivity index (χ4v) is 2.89. The van der Waals surface area contributed by atoms with Crippen molar-refractivity contribution in [1.82, 2.24) is 10.2 Å². The van der Waals surface area contributed by atoms with Crippen molar-refractivity contribution >= 4 is 24.2 Å². The first-order chi connectivity index (χ1) is 12.8. The summed E-state index contributed by atoms with van der Waals surface area (Å²) in [4.78, 5) is 27.1. The monoisotopic (exact) mass is 403 g/mol. The van der Waals surface area contributed by atoms with Gasteiger partial charge in [0.2, 0.25) is 5.91 Å². The van der Waals surface area contributed by atoms with E-state index in [9.17, 15) is 9.59 Å². The standard InChI is InChI=1S/C22H29N3O2.ClH/c1-22(2,15-23)16-25(3)20(26)14-19(17-10-6-4-7-11-17)24-21(27)18-12-8-5-9-13-18;/h4-13,19H,14-16,23H2,1-3H3,(H,24,27);1H. The van der Waals surface area contributed by atoms with E-state index in [4.69, 9.17) is 5.73 Å². The highest BCUT2D eigenvalue weighted by Gasteiger charge is 2.25. The van der Waals surface area contributed by atoms with Gasteiger partial charge in [-0.3, -0.25) is 9.59 Å². The first kappa shape index (κ1) is 23.7. The molecule has 0 bridgehead atoms. The zero-order valence-electron chi connectivity index (χ0n) is 16.7. The second kappa shape index (κ2) is 10.8. The lowest BCUT2D eigenvalue weighted by atomic mass is 9.93. The maximum atomic E-state index is 12.8. The molecule has 0 aliphatic heterocycles. The first-order valence-electron chi connectivity index (χ1n) is 9.17. The fourth-order valence-electron chi connectivity index (χ4n) is 2.89. The minimum absolute atomic E-state index is 0. The number of nitrogens with one attached hydrogen (secondary N) is 1. The molecule has 5 nitrogen and oxygen atoms in total. The molecule has 28 heavy (non-hydrogen) atoms. The Bertz CT molecular complexity index is 751. The van der Waals surface area contributed by atoms with Crippen LogP contribution in [0.1, 0.15) is 42.2 Å². The van der Waals surface area contributed by atoms with Crippen LogP contribution in [0.5, 0.6) is 0 Å². The molecule has 6 heteroatoms. The summed E-state index contributed by atoms with van der Waals surface area (Å²) < 4.78 is 0. The van der Waals surface area contributed by atoms with Crippen LogP contribution < -0.4 is 11.1 Å². The summed E-state index contributed by atoms with van der Waals surface area (Å²) in [5.41, 5.74) is 7.11. The van der Waals surface area contributed by atoms with Gasteiger partial charge in [0, 0.05) is 19.2 Å². The summed E-state index contributed by atoms with van der Waals surface area (Å²) in [5.74, 6) is -0.221. The van der Waals surface area contributed by atoms with Crippen molar-refractivity contribution < 1.29 is 9.59 Å². The van der Waals surface area contributed by atoms with Gasteiger partial charge in [0.05, 0.1) is 12.5 Å². The highest BCUT2D eigenvalue weighted by Crippen LogP contribution is 2.20. The van der Waals surface area contributed by atoms with Crippen LogP contribution in [0.4, 0.5) is 0 Å². The number of nitrogens with zero attached hydrogens (tertiary/aromatic N) is 1. The molecular formula is C22H30ClN3O2. The third kappa shape index (κ3) is 6.98. The Hall–Kier alpha value is -2.37. The number of hydrogen-bond acceptors (Lipinski definition) is 3. The van der Waals surface area contributed by atoms with Crippen molar-refractivity contribution in [3.8, 4) is 0 Å². The molecule has 3 N–H and O–H groups in total. The molecule has 1 atom stereocenters. The minimum Gasteiger partial charge on any atom is -0.345 e. The number of hydrogen-bond donors (Lipinski definition) is 2. The molecule has 0 saturated heterocycles. The molecule has 0 fully saturated rings. The summed E-state index contributed by atoms with van der Waals surface area (Å²) >= 11 is 0. The van der Waals surface area contributed by atoms with E-state index in [1.54, 1.807) is 24.1 Å². The summed E-state index contributed by atoms with van der Waals surface area (Å²) in [7, 11) is 1.78. The van der Waals surface area contributed by atoms with Crippen molar-refractivity contribution in [3.63, 3.8) is 0 Å². The number of nitrogens with two attached hydrogens (primary N) is 1. The second-order valence-electron chi connectivity index (χ2n) is 7.63. The number of carbonyl (C=O) groups excluding carboxylic acids is 2. The number of benzene rings is 2. The van der Waals surface area contributed by atoms with Gasteiger partial charge in [0.1, 0.15) is 0 Å². The van der Waals surface area contributed by atoms with Gasteiger partial charge in [-0.2, -0.15) is 0 Å². The molecule has 2 amide bonds. The van der Waals surface area contributed by atoms with E-state index in [1.165, 1.54) is 0 Å². The number of amides is 2. The molecule has 0 saturated carbocycles. The third-order valence-corrected chi connectivity index (χ3v) is 4.57. The third-order valence-electron chi connectivity index (χ3n) is 4.57. The maximum absolute atomic E-state index is 12.8. The molecule has 2 rings (SSSR count). The van der Waals surface area contributed by atoms with E-state index in [0.717, 1.165) is 5.56 Å². The van der Waals surface area contributed by atoms with Crippen LogP contribution in [0.3, 0.4) is 0 Å². The normalized spacial score (nSPS) is 11.9. The van der Waals surface area contributed by atoms with E-state index >= 15 is 0 Å². The Kier molecular flexibility index (Phi) is 9.16. The highest BCUT2D eigenvalue weighted by atomic mass is 35.5. The van der Waals surface area contributed by atoms with Gasteiger partial charge in [-0.05, 0) is 29.7 Å². The van der Waals surface area contributed by atoms with E-state index in [1.807, 2.05) is 62.4 Å². The molecule has 0 radical (unpaired) electrons. The van der Waals surface area contributed by atoms with Crippen LogP contribution in [-0.4, -0.2) is 36.9 Å². The van der Waals surface area contributed by atoms with Gasteiger partial charge < -0.3 is 16.0 Å². The van der Waals surface area contributed by atoms with Crippen LogP contribution in [0.2, 0.25) is 0 Å². The van der Waals surface area contributed by atoms with Gasteiger partial charge in [-0.1, -0.05) is 62.4 Å². The van der Waals surface area contributed by atoms with Crippen molar-refractivity contribution in [2.75, 3.05) is 20.1 Å². The van der Waals surface area contributed by atoms with E-state index in [0.29, 0.717) is 18.7 Å². The van der Waals surface area contributed by atoms with E-state index in [-0.39, 0.29) is 36.1 Å². The Morgan fingerprint density at radius 2 is 1.57 bits per heavy atom. The smallest absolute Gasteiger partial charge is 0.251 e. The minimum atomic E-state index is -0.394. The average molecular weight is 404 g/mol. The molecule has 2 aromatic carbocycles. The molecule has 0 aliphatic carbocycles. The van der Waals surface area contributed by atoms with Gasteiger partial charge in [-0.15, -0.1) is 12.4 Å². The van der Waals surface area contributed by atoms with E-state index < -0.39 is 6.04 Å². The predicted octanol–water partition coefficient (Wildman–Crippen LogP) is 3.41. The zero-order valence-corrected chi connectivity index (χ0v) is 17.5. The average Bonchev–Trinajstić information content (AvgIpc) is 2.68. The summed E-state index contributed by atoms with van der Waals surface area (Å²) in [6.07, 6.45) is 0.194. The van der Waals surface area contributed by atoms with Crippen molar-refractivity contribution in [1.29, 1.82) is 0 Å². The van der Waals surface area contributed by atoms with Crippen LogP contribution in [0.15, 0.2) is 60.7 Å². The lowest BCUT2D eigenvalue weighted by Gasteiger charge is -2.30. The summed E-state index contributed by atoms with van der Waals surface area (Å²) in [5, 5.41) is 3.00. The Labute approximate surface area is 173 Å². The first-order valence-corrected chi connectivity index (χ1v) is 9.17. The Morgan fingerprint density at radius 1 is 1.04 bits per heavy atom. The Balaban J connectivity index is 0.00000392. The summed E-state index contributed by atoms with van der Waals surface area (Å²) in [6, 6.07) is 18.2. The van der Waals surface area contributed by atoms with Gasteiger partial charge in [0.25, 0.3) is 5.91 Å². The predicted molar refractivity (Wildman–Crippen MR) is 115 cm³/mol. The maximum Gasteiger partial charge on any atom is 0.251 e. The largest absolute Gasteiger partial charge is 0.345 e. The van der Waals surface area contributed by atoms with E-state index in [2.05, 4.69) is 5.32 Å². The lowest BCUT2D eigenvalue weighted by molar-refractivity contribution is -0.131. The topological polar surface area (TPSA) is 75.4 Å². The van der Waals surface area contributed by atoms with Crippen LogP contribution >= 0.6 is 12.4 Å².